The number of aromatic carboxylic acids is 1. The quantitative estimate of drug-likeness (QED) is 0.897. The van der Waals surface area contributed by atoms with Crippen molar-refractivity contribution in [3.63, 3.8) is 0 Å². The molecule has 1 saturated heterocycles. The van der Waals surface area contributed by atoms with Gasteiger partial charge in [-0.1, -0.05) is 12.5 Å². The predicted molar refractivity (Wildman–Crippen MR) is 72.6 cm³/mol. The van der Waals surface area contributed by atoms with Gasteiger partial charge in [-0.05, 0) is 43.7 Å². The molecule has 2 aliphatic rings. The molecule has 0 spiro atoms. The Balaban J connectivity index is 1.84. The van der Waals surface area contributed by atoms with Gasteiger partial charge in [0.15, 0.2) is 0 Å². The normalized spacial score (nSPS) is 25.3. The molecular formula is C15H18N2O3. The van der Waals surface area contributed by atoms with Crippen molar-refractivity contribution < 1.29 is 14.7 Å². The summed E-state index contributed by atoms with van der Waals surface area (Å²) in [5.41, 5.74) is 0.174. The number of rotatable bonds is 2. The lowest BCUT2D eigenvalue weighted by molar-refractivity contribution is 0.0542. The summed E-state index contributed by atoms with van der Waals surface area (Å²) in [5.74, 6) is -0.600. The molecule has 1 N–H and O–H groups in total. The predicted octanol–water partition coefficient (Wildman–Crippen LogP) is 2.18. The highest BCUT2D eigenvalue weighted by atomic mass is 16.4. The summed E-state index contributed by atoms with van der Waals surface area (Å²) in [6, 6.07) is 4.92. The first-order valence-corrected chi connectivity index (χ1v) is 7.18. The topological polar surface area (TPSA) is 70.5 Å². The van der Waals surface area contributed by atoms with Gasteiger partial charge in [0.25, 0.3) is 5.91 Å². The number of likely N-dealkylation sites (tertiary alicyclic amines) is 1. The minimum Gasteiger partial charge on any atom is -0.477 e. The fourth-order valence-corrected chi connectivity index (χ4v) is 3.53. The van der Waals surface area contributed by atoms with Crippen molar-refractivity contribution in [2.45, 2.75) is 38.1 Å². The van der Waals surface area contributed by atoms with E-state index in [1.54, 1.807) is 12.1 Å². The van der Waals surface area contributed by atoms with Crippen LogP contribution < -0.4 is 0 Å². The largest absolute Gasteiger partial charge is 0.477 e. The Morgan fingerprint density at radius 2 is 1.90 bits per heavy atom. The van der Waals surface area contributed by atoms with E-state index >= 15 is 0 Å². The van der Waals surface area contributed by atoms with Gasteiger partial charge in [0, 0.05) is 12.6 Å². The molecule has 5 nitrogen and oxygen atoms in total. The smallest absolute Gasteiger partial charge is 0.354 e. The van der Waals surface area contributed by atoms with E-state index in [4.69, 9.17) is 5.11 Å². The second-order valence-corrected chi connectivity index (χ2v) is 5.61. The first kappa shape index (κ1) is 13.1. The van der Waals surface area contributed by atoms with Crippen LogP contribution >= 0.6 is 0 Å². The molecule has 1 aliphatic heterocycles. The van der Waals surface area contributed by atoms with Crippen LogP contribution in [0.3, 0.4) is 0 Å². The summed E-state index contributed by atoms with van der Waals surface area (Å²) in [4.78, 5) is 29.4. The Hall–Kier alpha value is -1.91. The third kappa shape index (κ3) is 2.28. The Morgan fingerprint density at radius 1 is 1.15 bits per heavy atom. The Bertz CT molecular complexity index is 544. The van der Waals surface area contributed by atoms with E-state index in [-0.39, 0.29) is 17.3 Å². The van der Waals surface area contributed by atoms with Gasteiger partial charge in [0.2, 0.25) is 0 Å². The van der Waals surface area contributed by atoms with E-state index in [0.29, 0.717) is 12.0 Å². The average Bonchev–Trinajstić information content (AvgIpc) is 2.95. The lowest BCUT2D eigenvalue weighted by Gasteiger charge is -2.37. The molecule has 1 aromatic heterocycles. The highest BCUT2D eigenvalue weighted by molar-refractivity contribution is 5.94. The van der Waals surface area contributed by atoms with E-state index in [1.165, 1.54) is 25.3 Å². The summed E-state index contributed by atoms with van der Waals surface area (Å²) >= 11 is 0. The number of carbonyl (C=O) groups is 2. The van der Waals surface area contributed by atoms with Gasteiger partial charge in [-0.15, -0.1) is 0 Å². The average molecular weight is 274 g/mol. The summed E-state index contributed by atoms with van der Waals surface area (Å²) in [6.07, 6.45) is 5.69. The zero-order valence-electron chi connectivity index (χ0n) is 11.3. The minimum absolute atomic E-state index is 0.0733. The van der Waals surface area contributed by atoms with Gasteiger partial charge in [0.05, 0.1) is 0 Å². The molecule has 2 heterocycles. The van der Waals surface area contributed by atoms with Gasteiger partial charge >= 0.3 is 5.97 Å². The van der Waals surface area contributed by atoms with Crippen molar-refractivity contribution >= 4 is 11.9 Å². The lowest BCUT2D eigenvalue weighted by atomic mass is 9.91. The van der Waals surface area contributed by atoms with E-state index in [0.717, 1.165) is 19.4 Å². The van der Waals surface area contributed by atoms with Gasteiger partial charge < -0.3 is 10.0 Å². The van der Waals surface area contributed by atoms with Gasteiger partial charge in [-0.2, -0.15) is 0 Å². The van der Waals surface area contributed by atoms with E-state index in [2.05, 4.69) is 4.98 Å². The molecule has 1 amide bonds. The Labute approximate surface area is 117 Å². The molecule has 106 valence electrons. The van der Waals surface area contributed by atoms with Crippen LogP contribution in [0.25, 0.3) is 0 Å². The summed E-state index contributed by atoms with van der Waals surface area (Å²) < 4.78 is 0. The number of nitrogens with zero attached hydrogens (tertiary/aromatic N) is 2. The third-order valence-electron chi connectivity index (χ3n) is 4.44. The van der Waals surface area contributed by atoms with E-state index < -0.39 is 5.97 Å². The maximum Gasteiger partial charge on any atom is 0.354 e. The van der Waals surface area contributed by atoms with Gasteiger partial charge in [-0.25, -0.2) is 9.78 Å². The van der Waals surface area contributed by atoms with Crippen molar-refractivity contribution in [1.29, 1.82) is 0 Å². The van der Waals surface area contributed by atoms with Crippen molar-refractivity contribution in [3.05, 3.63) is 29.6 Å². The molecule has 0 bridgehead atoms. The van der Waals surface area contributed by atoms with Crippen molar-refractivity contribution in [2.75, 3.05) is 6.54 Å². The molecule has 5 heteroatoms. The number of pyridine rings is 1. The van der Waals surface area contributed by atoms with Crippen LogP contribution in [0.5, 0.6) is 0 Å². The number of carboxylic acid groups (broad SMARTS) is 1. The second-order valence-electron chi connectivity index (χ2n) is 5.61. The molecule has 3 rings (SSSR count). The number of fused-ring (bicyclic) bond motifs is 1. The molecule has 0 radical (unpaired) electrons. The molecule has 0 aromatic carbocycles. The van der Waals surface area contributed by atoms with E-state index in [1.807, 2.05) is 4.90 Å². The molecular weight excluding hydrogens is 256 g/mol. The first-order valence-electron chi connectivity index (χ1n) is 7.18. The summed E-state index contributed by atoms with van der Waals surface area (Å²) in [5, 5.41) is 8.96. The number of carboxylic acids is 1. The Morgan fingerprint density at radius 3 is 2.70 bits per heavy atom. The molecule has 1 aromatic rings. The fourth-order valence-electron chi connectivity index (χ4n) is 3.53. The number of hydrogen-bond donors (Lipinski definition) is 1. The summed E-state index contributed by atoms with van der Waals surface area (Å²) in [6.45, 7) is 0.763. The standard InChI is InChI=1S/C15H18N2O3/c18-14(11-6-2-7-12(16-11)15(19)20)17-9-3-5-10-4-1-8-13(10)17/h2,6-7,10,13H,1,3-5,8-9H2,(H,19,20). The zero-order chi connectivity index (χ0) is 14.1. The number of carbonyl (C=O) groups excluding carboxylic acids is 1. The molecule has 1 saturated carbocycles. The van der Waals surface area contributed by atoms with Gasteiger partial charge in [0.1, 0.15) is 11.4 Å². The maximum atomic E-state index is 12.6. The van der Waals surface area contributed by atoms with Crippen LogP contribution in [0.15, 0.2) is 18.2 Å². The molecule has 1 aliphatic carbocycles. The SMILES string of the molecule is O=C(O)c1cccc(C(=O)N2CCCC3CCCC32)n1. The number of piperidine rings is 1. The molecule has 2 atom stereocenters. The van der Waals surface area contributed by atoms with E-state index in [9.17, 15) is 9.59 Å². The Kier molecular flexibility index (Phi) is 3.42. The number of aromatic nitrogens is 1. The number of amides is 1. The third-order valence-corrected chi connectivity index (χ3v) is 4.44. The zero-order valence-corrected chi connectivity index (χ0v) is 11.3. The van der Waals surface area contributed by atoms with Crippen molar-refractivity contribution in [1.82, 2.24) is 9.88 Å². The second kappa shape index (κ2) is 5.23. The number of hydrogen-bond acceptors (Lipinski definition) is 3. The van der Waals surface area contributed by atoms with Crippen molar-refractivity contribution in [3.8, 4) is 0 Å². The minimum atomic E-state index is -1.10. The van der Waals surface area contributed by atoms with Crippen LogP contribution in [0, 0.1) is 5.92 Å². The highest BCUT2D eigenvalue weighted by Crippen LogP contribution is 2.37. The first-order chi connectivity index (χ1) is 9.66. The molecule has 2 unspecified atom stereocenters. The van der Waals surface area contributed by atoms with Crippen LogP contribution in [-0.2, 0) is 0 Å². The van der Waals surface area contributed by atoms with Crippen LogP contribution in [0.4, 0.5) is 0 Å². The molecule has 20 heavy (non-hydrogen) atoms. The van der Waals surface area contributed by atoms with Crippen LogP contribution in [-0.4, -0.2) is 39.5 Å². The van der Waals surface area contributed by atoms with Crippen molar-refractivity contribution in [2.24, 2.45) is 5.92 Å². The lowest BCUT2D eigenvalue weighted by Crippen LogP contribution is -2.46. The van der Waals surface area contributed by atoms with Gasteiger partial charge in [-0.3, -0.25) is 4.79 Å². The summed E-state index contributed by atoms with van der Waals surface area (Å²) in [7, 11) is 0. The molecule has 2 fully saturated rings. The van der Waals surface area contributed by atoms with Crippen LogP contribution in [0.1, 0.15) is 53.1 Å². The monoisotopic (exact) mass is 274 g/mol. The highest BCUT2D eigenvalue weighted by Gasteiger charge is 2.37. The fraction of sp³-hybridized carbons (Fsp3) is 0.533. The van der Waals surface area contributed by atoms with Crippen LogP contribution in [0.2, 0.25) is 0 Å². The maximum absolute atomic E-state index is 12.6.